The molecule has 0 fully saturated rings. The molecular weight excluding hydrogens is 430 g/mol. The Morgan fingerprint density at radius 2 is 1.78 bits per heavy atom. The number of hydrogen-bond donors (Lipinski definition) is 1. The van der Waals surface area contributed by atoms with Gasteiger partial charge in [0.15, 0.2) is 5.76 Å². The molecule has 1 N–H and O–H groups in total. The van der Waals surface area contributed by atoms with Gasteiger partial charge >= 0.3 is 0 Å². The average Bonchev–Trinajstić information content (AvgIpc) is 3.10. The molecule has 32 heavy (non-hydrogen) atoms. The lowest BCUT2D eigenvalue weighted by molar-refractivity contribution is 0.0998. The Bertz CT molecular complexity index is 1240. The Hall–Kier alpha value is -3.04. The SMILES string of the molecule is CCN(CC)S(=O)(=O)c1ccc(N(C)C)c(NC(=O)c2oc3ccc(OC)cc3c2C)c1. The van der Waals surface area contributed by atoms with Crippen molar-refractivity contribution in [2.75, 3.05) is 44.5 Å². The molecule has 172 valence electrons. The topological polar surface area (TPSA) is 92.1 Å². The molecule has 0 unspecified atom stereocenters. The normalized spacial score (nSPS) is 11.7. The van der Waals surface area contributed by atoms with Gasteiger partial charge in [-0.05, 0) is 43.3 Å². The number of fused-ring (bicyclic) bond motifs is 1. The number of furan rings is 1. The maximum Gasteiger partial charge on any atom is 0.291 e. The van der Waals surface area contributed by atoms with E-state index in [2.05, 4.69) is 5.32 Å². The summed E-state index contributed by atoms with van der Waals surface area (Å²) >= 11 is 0. The summed E-state index contributed by atoms with van der Waals surface area (Å²) in [7, 11) is 1.54. The fourth-order valence-corrected chi connectivity index (χ4v) is 5.09. The van der Waals surface area contributed by atoms with Crippen LogP contribution >= 0.6 is 0 Å². The number of methoxy groups -OCH3 is 1. The maximum absolute atomic E-state index is 13.1. The van der Waals surface area contributed by atoms with Gasteiger partial charge in [0.05, 0.1) is 23.4 Å². The van der Waals surface area contributed by atoms with Gasteiger partial charge in [0.25, 0.3) is 5.91 Å². The van der Waals surface area contributed by atoms with Crippen LogP contribution in [-0.4, -0.2) is 52.9 Å². The molecular formula is C23H29N3O5S. The zero-order chi connectivity index (χ0) is 23.6. The molecule has 0 radical (unpaired) electrons. The van der Waals surface area contributed by atoms with Crippen LogP contribution in [0.1, 0.15) is 30.0 Å². The Labute approximate surface area is 188 Å². The summed E-state index contributed by atoms with van der Waals surface area (Å²) in [5.41, 5.74) is 2.30. The van der Waals surface area contributed by atoms with Crippen LogP contribution in [0.4, 0.5) is 11.4 Å². The molecule has 0 saturated heterocycles. The van der Waals surface area contributed by atoms with E-state index in [1.807, 2.05) is 20.2 Å². The van der Waals surface area contributed by atoms with E-state index in [1.165, 1.54) is 10.4 Å². The molecule has 8 nitrogen and oxygen atoms in total. The van der Waals surface area contributed by atoms with Gasteiger partial charge < -0.3 is 19.4 Å². The monoisotopic (exact) mass is 459 g/mol. The lowest BCUT2D eigenvalue weighted by Gasteiger charge is -2.22. The number of aryl methyl sites for hydroxylation is 1. The van der Waals surface area contributed by atoms with Gasteiger partial charge in [-0.25, -0.2) is 8.42 Å². The number of amides is 1. The summed E-state index contributed by atoms with van der Waals surface area (Å²) in [6.45, 7) is 6.10. The number of ether oxygens (including phenoxy) is 1. The van der Waals surface area contributed by atoms with Gasteiger partial charge in [-0.2, -0.15) is 4.31 Å². The molecule has 0 aliphatic carbocycles. The molecule has 0 saturated carbocycles. The summed E-state index contributed by atoms with van der Waals surface area (Å²) in [6, 6.07) is 10.0. The van der Waals surface area contributed by atoms with Crippen molar-refractivity contribution in [3.63, 3.8) is 0 Å². The first-order chi connectivity index (χ1) is 15.1. The van der Waals surface area contributed by atoms with Crippen LogP contribution < -0.4 is 15.0 Å². The molecule has 0 atom stereocenters. The van der Waals surface area contributed by atoms with Gasteiger partial charge in [0.1, 0.15) is 11.3 Å². The van der Waals surface area contributed by atoms with Crippen LogP contribution in [0, 0.1) is 6.92 Å². The number of rotatable bonds is 8. The fraction of sp³-hybridized carbons (Fsp3) is 0.348. The van der Waals surface area contributed by atoms with Crippen molar-refractivity contribution in [2.45, 2.75) is 25.7 Å². The molecule has 1 amide bonds. The van der Waals surface area contributed by atoms with Gasteiger partial charge in [-0.15, -0.1) is 0 Å². The smallest absolute Gasteiger partial charge is 0.291 e. The molecule has 3 aromatic rings. The van der Waals surface area contributed by atoms with E-state index in [0.717, 1.165) is 5.39 Å². The van der Waals surface area contributed by atoms with E-state index < -0.39 is 15.9 Å². The van der Waals surface area contributed by atoms with Crippen molar-refractivity contribution in [2.24, 2.45) is 0 Å². The lowest BCUT2D eigenvalue weighted by atomic mass is 10.1. The number of anilines is 2. The number of benzene rings is 2. The quantitative estimate of drug-likeness (QED) is 0.545. The summed E-state index contributed by atoms with van der Waals surface area (Å²) in [5.74, 6) is 0.366. The molecule has 0 aliphatic heterocycles. The minimum atomic E-state index is -3.68. The third-order valence-electron chi connectivity index (χ3n) is 5.39. The molecule has 1 aromatic heterocycles. The second-order valence-electron chi connectivity index (χ2n) is 7.54. The van der Waals surface area contributed by atoms with E-state index in [9.17, 15) is 13.2 Å². The zero-order valence-electron chi connectivity index (χ0n) is 19.2. The number of nitrogens with zero attached hydrogens (tertiary/aromatic N) is 2. The maximum atomic E-state index is 13.1. The minimum absolute atomic E-state index is 0.119. The van der Waals surface area contributed by atoms with Crippen LogP contribution in [0.2, 0.25) is 0 Å². The third kappa shape index (κ3) is 4.31. The van der Waals surface area contributed by atoms with Crippen molar-refractivity contribution in [3.8, 4) is 5.75 Å². The summed E-state index contributed by atoms with van der Waals surface area (Å²) in [4.78, 5) is 15.1. The highest BCUT2D eigenvalue weighted by Gasteiger charge is 2.25. The molecule has 0 spiro atoms. The Morgan fingerprint density at radius 1 is 1.09 bits per heavy atom. The van der Waals surface area contributed by atoms with Crippen LogP contribution in [0.15, 0.2) is 45.7 Å². The first-order valence-corrected chi connectivity index (χ1v) is 11.8. The fourth-order valence-electron chi connectivity index (χ4n) is 3.60. The molecule has 9 heteroatoms. The van der Waals surface area contributed by atoms with E-state index in [0.29, 0.717) is 41.4 Å². The van der Waals surface area contributed by atoms with Gasteiger partial charge in [-0.3, -0.25) is 4.79 Å². The zero-order valence-corrected chi connectivity index (χ0v) is 20.0. The number of nitrogens with one attached hydrogen (secondary N) is 1. The van der Waals surface area contributed by atoms with Crippen molar-refractivity contribution >= 4 is 38.3 Å². The van der Waals surface area contributed by atoms with E-state index in [-0.39, 0.29) is 10.7 Å². The summed E-state index contributed by atoms with van der Waals surface area (Å²) in [6.07, 6.45) is 0. The number of carbonyl (C=O) groups excluding carboxylic acids is 1. The van der Waals surface area contributed by atoms with Crippen LogP contribution in [-0.2, 0) is 10.0 Å². The van der Waals surface area contributed by atoms with Crippen molar-refractivity contribution in [3.05, 3.63) is 47.7 Å². The van der Waals surface area contributed by atoms with Crippen LogP contribution in [0.25, 0.3) is 11.0 Å². The van der Waals surface area contributed by atoms with Crippen molar-refractivity contribution < 1.29 is 22.4 Å². The number of hydrogen-bond acceptors (Lipinski definition) is 6. The van der Waals surface area contributed by atoms with E-state index >= 15 is 0 Å². The van der Waals surface area contributed by atoms with Crippen LogP contribution in [0.5, 0.6) is 5.75 Å². The van der Waals surface area contributed by atoms with E-state index in [1.54, 1.807) is 57.0 Å². The predicted octanol–water partition coefficient (Wildman–Crippen LogP) is 4.10. The van der Waals surface area contributed by atoms with Crippen molar-refractivity contribution in [1.82, 2.24) is 4.31 Å². The Kier molecular flexibility index (Phi) is 6.80. The first-order valence-electron chi connectivity index (χ1n) is 10.3. The predicted molar refractivity (Wildman–Crippen MR) is 126 cm³/mol. The van der Waals surface area contributed by atoms with Gasteiger partial charge in [0, 0.05) is 38.1 Å². The second kappa shape index (κ2) is 9.22. The van der Waals surface area contributed by atoms with Gasteiger partial charge in [-0.1, -0.05) is 13.8 Å². The molecule has 1 heterocycles. The molecule has 0 aliphatic rings. The number of carbonyl (C=O) groups is 1. The second-order valence-corrected chi connectivity index (χ2v) is 9.47. The summed E-state index contributed by atoms with van der Waals surface area (Å²) < 4.78 is 38.4. The first kappa shape index (κ1) is 23.6. The molecule has 3 rings (SSSR count). The van der Waals surface area contributed by atoms with E-state index in [4.69, 9.17) is 9.15 Å². The Balaban J connectivity index is 2.03. The highest BCUT2D eigenvalue weighted by molar-refractivity contribution is 7.89. The van der Waals surface area contributed by atoms with Crippen LogP contribution in [0.3, 0.4) is 0 Å². The van der Waals surface area contributed by atoms with Crippen molar-refractivity contribution in [1.29, 1.82) is 0 Å². The highest BCUT2D eigenvalue weighted by Crippen LogP contribution is 2.32. The van der Waals surface area contributed by atoms with Gasteiger partial charge in [0.2, 0.25) is 10.0 Å². The average molecular weight is 460 g/mol. The standard InChI is InChI=1S/C23H29N3O5S/c1-7-26(8-2)32(28,29)17-10-11-20(25(4)5)19(14-17)24-23(27)22-15(3)18-13-16(30-6)9-12-21(18)31-22/h9-14H,7-8H2,1-6H3,(H,24,27). The summed E-state index contributed by atoms with van der Waals surface area (Å²) in [5, 5.41) is 3.62. The largest absolute Gasteiger partial charge is 0.497 e. The lowest BCUT2D eigenvalue weighted by Crippen LogP contribution is -2.30. The molecule has 0 bridgehead atoms. The Morgan fingerprint density at radius 3 is 2.38 bits per heavy atom. The number of sulfonamides is 1. The minimum Gasteiger partial charge on any atom is -0.497 e. The molecule has 2 aromatic carbocycles. The highest BCUT2D eigenvalue weighted by atomic mass is 32.2. The third-order valence-corrected chi connectivity index (χ3v) is 7.44.